The van der Waals surface area contributed by atoms with E-state index in [0.29, 0.717) is 23.7 Å². The molecule has 0 atom stereocenters. The SMILES string of the molecule is NC(=O)c1cccc(Oc2ccc(NCc3ccn(-c4ccccc4)n3)cn2)c1. The lowest BCUT2D eigenvalue weighted by Gasteiger charge is -2.08. The van der Waals surface area contributed by atoms with Crippen molar-refractivity contribution in [3.8, 4) is 17.3 Å². The van der Waals surface area contributed by atoms with Gasteiger partial charge in [0.2, 0.25) is 11.8 Å². The predicted molar refractivity (Wildman–Crippen MR) is 110 cm³/mol. The Morgan fingerprint density at radius 3 is 2.66 bits per heavy atom. The Morgan fingerprint density at radius 2 is 1.90 bits per heavy atom. The number of pyridine rings is 1. The van der Waals surface area contributed by atoms with E-state index in [1.54, 1.807) is 36.5 Å². The van der Waals surface area contributed by atoms with Crippen LogP contribution in [-0.4, -0.2) is 20.7 Å². The summed E-state index contributed by atoms with van der Waals surface area (Å²) in [6.07, 6.45) is 3.61. The summed E-state index contributed by atoms with van der Waals surface area (Å²) in [6.45, 7) is 0.572. The topological polar surface area (TPSA) is 95.1 Å². The second kappa shape index (κ2) is 8.26. The highest BCUT2D eigenvalue weighted by Crippen LogP contribution is 2.21. The molecule has 2 heterocycles. The van der Waals surface area contributed by atoms with Crippen molar-refractivity contribution in [3.63, 3.8) is 0 Å². The normalized spacial score (nSPS) is 10.5. The standard InChI is InChI=1S/C22H19N5O2/c23-22(28)16-5-4-8-20(13-16)29-21-10-9-17(14-25-21)24-15-18-11-12-27(26-18)19-6-2-1-3-7-19/h1-14,24H,15H2,(H2,23,28). The van der Waals surface area contributed by atoms with Gasteiger partial charge in [0, 0.05) is 17.8 Å². The average molecular weight is 385 g/mol. The Kier molecular flexibility index (Phi) is 5.20. The molecule has 0 spiro atoms. The van der Waals surface area contributed by atoms with Gasteiger partial charge in [0.15, 0.2) is 0 Å². The number of amides is 1. The molecular formula is C22H19N5O2. The number of hydrogen-bond donors (Lipinski definition) is 2. The molecule has 3 N–H and O–H groups in total. The minimum atomic E-state index is -0.502. The summed E-state index contributed by atoms with van der Waals surface area (Å²) in [7, 11) is 0. The van der Waals surface area contributed by atoms with Crippen LogP contribution in [0.25, 0.3) is 5.69 Å². The van der Waals surface area contributed by atoms with Crippen LogP contribution in [0.3, 0.4) is 0 Å². The van der Waals surface area contributed by atoms with E-state index in [2.05, 4.69) is 15.4 Å². The van der Waals surface area contributed by atoms with Crippen molar-refractivity contribution < 1.29 is 9.53 Å². The summed E-state index contributed by atoms with van der Waals surface area (Å²) in [5, 5.41) is 7.85. The minimum absolute atomic E-state index is 0.385. The second-order valence-corrected chi connectivity index (χ2v) is 6.32. The van der Waals surface area contributed by atoms with E-state index in [1.165, 1.54) is 0 Å². The van der Waals surface area contributed by atoms with Crippen LogP contribution in [0.4, 0.5) is 5.69 Å². The molecule has 29 heavy (non-hydrogen) atoms. The van der Waals surface area contributed by atoms with Crippen molar-refractivity contribution >= 4 is 11.6 Å². The molecule has 0 fully saturated rings. The first kappa shape index (κ1) is 18.2. The maximum absolute atomic E-state index is 11.3. The second-order valence-electron chi connectivity index (χ2n) is 6.32. The third kappa shape index (κ3) is 4.59. The third-order valence-electron chi connectivity index (χ3n) is 4.22. The number of para-hydroxylation sites is 1. The molecule has 2 aromatic heterocycles. The zero-order valence-corrected chi connectivity index (χ0v) is 15.5. The Morgan fingerprint density at radius 1 is 1.03 bits per heavy atom. The number of nitrogens with two attached hydrogens (primary N) is 1. The van der Waals surface area contributed by atoms with Gasteiger partial charge in [-0.3, -0.25) is 4.79 Å². The van der Waals surface area contributed by atoms with E-state index in [1.807, 2.05) is 53.3 Å². The van der Waals surface area contributed by atoms with Gasteiger partial charge in [0.1, 0.15) is 5.75 Å². The van der Waals surface area contributed by atoms with Crippen LogP contribution in [0.5, 0.6) is 11.6 Å². The third-order valence-corrected chi connectivity index (χ3v) is 4.22. The molecule has 0 aliphatic heterocycles. The summed E-state index contributed by atoms with van der Waals surface area (Å²) in [6, 6.07) is 22.2. The van der Waals surface area contributed by atoms with Gasteiger partial charge in [0.05, 0.1) is 29.8 Å². The molecule has 0 bridgehead atoms. The Labute approximate surface area is 167 Å². The van der Waals surface area contributed by atoms with Crippen molar-refractivity contribution in [1.82, 2.24) is 14.8 Å². The molecule has 144 valence electrons. The van der Waals surface area contributed by atoms with Crippen molar-refractivity contribution in [3.05, 3.63) is 96.4 Å². The van der Waals surface area contributed by atoms with Gasteiger partial charge in [-0.2, -0.15) is 5.10 Å². The highest BCUT2D eigenvalue weighted by atomic mass is 16.5. The number of carbonyl (C=O) groups is 1. The van der Waals surface area contributed by atoms with Crippen LogP contribution in [0.15, 0.2) is 85.2 Å². The molecule has 7 heteroatoms. The minimum Gasteiger partial charge on any atom is -0.439 e. The van der Waals surface area contributed by atoms with E-state index in [-0.39, 0.29) is 0 Å². The monoisotopic (exact) mass is 385 g/mol. The maximum Gasteiger partial charge on any atom is 0.248 e. The summed E-state index contributed by atoms with van der Waals surface area (Å²) >= 11 is 0. The molecule has 0 radical (unpaired) electrons. The molecule has 0 saturated carbocycles. The summed E-state index contributed by atoms with van der Waals surface area (Å²) in [5.74, 6) is 0.421. The number of ether oxygens (including phenoxy) is 1. The van der Waals surface area contributed by atoms with Crippen LogP contribution in [0.2, 0.25) is 0 Å². The predicted octanol–water partition coefficient (Wildman–Crippen LogP) is 3.77. The number of nitrogens with zero attached hydrogens (tertiary/aromatic N) is 3. The molecule has 0 aliphatic carbocycles. The number of carbonyl (C=O) groups excluding carboxylic acids is 1. The number of nitrogens with one attached hydrogen (secondary N) is 1. The van der Waals surface area contributed by atoms with Crippen LogP contribution < -0.4 is 15.8 Å². The maximum atomic E-state index is 11.3. The van der Waals surface area contributed by atoms with Gasteiger partial charge in [-0.15, -0.1) is 0 Å². The quantitative estimate of drug-likeness (QED) is 0.505. The van der Waals surface area contributed by atoms with E-state index >= 15 is 0 Å². The van der Waals surface area contributed by atoms with E-state index in [9.17, 15) is 4.79 Å². The molecule has 0 aliphatic rings. The Bertz CT molecular complexity index is 1110. The number of rotatable bonds is 7. The molecule has 4 aromatic rings. The summed E-state index contributed by atoms with van der Waals surface area (Å²) in [4.78, 5) is 15.5. The lowest BCUT2D eigenvalue weighted by molar-refractivity contribution is 0.1000. The average Bonchev–Trinajstić information content (AvgIpc) is 3.23. The number of hydrogen-bond acceptors (Lipinski definition) is 5. The summed E-state index contributed by atoms with van der Waals surface area (Å²) < 4.78 is 7.52. The van der Waals surface area contributed by atoms with E-state index in [4.69, 9.17) is 10.5 Å². The highest BCUT2D eigenvalue weighted by Gasteiger charge is 2.05. The summed E-state index contributed by atoms with van der Waals surface area (Å²) in [5.41, 5.74) is 8.45. The zero-order chi connectivity index (χ0) is 20.1. The number of benzene rings is 2. The Hall–Kier alpha value is -4.13. The van der Waals surface area contributed by atoms with Crippen LogP contribution in [0.1, 0.15) is 16.1 Å². The molecule has 4 rings (SSSR count). The molecular weight excluding hydrogens is 366 g/mol. The van der Waals surface area contributed by atoms with E-state index < -0.39 is 5.91 Å². The molecule has 0 saturated heterocycles. The number of anilines is 1. The largest absolute Gasteiger partial charge is 0.439 e. The molecule has 0 unspecified atom stereocenters. The lowest BCUT2D eigenvalue weighted by atomic mass is 10.2. The van der Waals surface area contributed by atoms with Crippen LogP contribution in [-0.2, 0) is 6.54 Å². The first-order chi connectivity index (χ1) is 14.2. The first-order valence-electron chi connectivity index (χ1n) is 9.05. The fourth-order valence-electron chi connectivity index (χ4n) is 2.75. The first-order valence-corrected chi connectivity index (χ1v) is 9.05. The molecule has 1 amide bonds. The van der Waals surface area contributed by atoms with Crippen molar-refractivity contribution in [2.45, 2.75) is 6.54 Å². The van der Waals surface area contributed by atoms with Crippen molar-refractivity contribution in [2.75, 3.05) is 5.32 Å². The highest BCUT2D eigenvalue weighted by molar-refractivity contribution is 5.93. The van der Waals surface area contributed by atoms with Gasteiger partial charge < -0.3 is 15.8 Å². The lowest BCUT2D eigenvalue weighted by Crippen LogP contribution is -2.10. The van der Waals surface area contributed by atoms with Gasteiger partial charge in [-0.05, 0) is 42.5 Å². The van der Waals surface area contributed by atoms with Gasteiger partial charge in [-0.25, -0.2) is 9.67 Å². The van der Waals surface area contributed by atoms with Gasteiger partial charge in [0.25, 0.3) is 0 Å². The smallest absolute Gasteiger partial charge is 0.248 e. The van der Waals surface area contributed by atoms with E-state index in [0.717, 1.165) is 17.1 Å². The van der Waals surface area contributed by atoms with Crippen molar-refractivity contribution in [1.29, 1.82) is 0 Å². The van der Waals surface area contributed by atoms with Crippen LogP contribution in [0, 0.1) is 0 Å². The Balaban J connectivity index is 1.36. The van der Waals surface area contributed by atoms with Crippen LogP contribution >= 0.6 is 0 Å². The fourth-order valence-corrected chi connectivity index (χ4v) is 2.75. The molecule has 7 nitrogen and oxygen atoms in total. The zero-order valence-electron chi connectivity index (χ0n) is 15.5. The number of aromatic nitrogens is 3. The number of primary amides is 1. The molecule has 2 aromatic carbocycles. The van der Waals surface area contributed by atoms with Gasteiger partial charge in [-0.1, -0.05) is 24.3 Å². The fraction of sp³-hybridized carbons (Fsp3) is 0.0455. The van der Waals surface area contributed by atoms with Gasteiger partial charge >= 0.3 is 0 Å². The van der Waals surface area contributed by atoms with Crippen molar-refractivity contribution in [2.24, 2.45) is 5.73 Å².